The molecule has 0 saturated carbocycles. The average Bonchev–Trinajstić information content (AvgIpc) is 2.76. The van der Waals surface area contributed by atoms with E-state index in [0.29, 0.717) is 13.0 Å². The number of likely N-dealkylation sites (tertiary alicyclic amines) is 1. The van der Waals surface area contributed by atoms with E-state index in [2.05, 4.69) is 41.4 Å². The molecule has 1 aliphatic rings. The first-order valence-corrected chi connectivity index (χ1v) is 9.77. The van der Waals surface area contributed by atoms with E-state index in [1.54, 1.807) is 12.4 Å². The van der Waals surface area contributed by atoms with Crippen LogP contribution in [0.1, 0.15) is 18.4 Å². The molecule has 1 aromatic heterocycles. The van der Waals surface area contributed by atoms with Crippen LogP contribution in [0.5, 0.6) is 5.75 Å². The fraction of sp³-hybridized carbons (Fsp3) is 0.250. The van der Waals surface area contributed by atoms with Crippen molar-refractivity contribution in [1.82, 2.24) is 9.88 Å². The Balaban J connectivity index is 1.35. The molecule has 4 rings (SSSR count). The van der Waals surface area contributed by atoms with Crippen molar-refractivity contribution in [2.75, 3.05) is 13.1 Å². The zero-order valence-corrected chi connectivity index (χ0v) is 15.8. The number of rotatable bonds is 5. The third kappa shape index (κ3) is 4.58. The molecule has 0 N–H and O–H groups in total. The lowest BCUT2D eigenvalue weighted by molar-refractivity contribution is -0.133. The first kappa shape index (κ1) is 18.2. The van der Waals surface area contributed by atoms with Crippen LogP contribution in [0.25, 0.3) is 11.1 Å². The molecule has 1 fully saturated rings. The van der Waals surface area contributed by atoms with Crippen LogP contribution in [-0.4, -0.2) is 35.0 Å². The fourth-order valence-electron chi connectivity index (χ4n) is 3.60. The molecular weight excluding hydrogens is 348 g/mol. The highest BCUT2D eigenvalue weighted by molar-refractivity contribution is 5.79. The summed E-state index contributed by atoms with van der Waals surface area (Å²) in [6.07, 6.45) is 5.85. The van der Waals surface area contributed by atoms with E-state index in [1.165, 1.54) is 11.1 Å². The topological polar surface area (TPSA) is 42.4 Å². The van der Waals surface area contributed by atoms with E-state index in [0.717, 1.165) is 30.7 Å². The van der Waals surface area contributed by atoms with Crippen molar-refractivity contribution in [3.8, 4) is 16.9 Å². The Labute approximate surface area is 165 Å². The molecule has 4 heteroatoms. The standard InChI is InChI=1S/C24H24N2O2/c27-24(17-19-8-10-21(11-9-19)20-5-2-1-3-6-20)26-16-4-7-23(18-26)28-22-12-14-25-15-13-22/h1-3,5-6,8-15,23H,4,7,16-18H2. The van der Waals surface area contributed by atoms with Crippen molar-refractivity contribution in [3.05, 3.63) is 84.7 Å². The number of nitrogens with zero attached hydrogens (tertiary/aromatic N) is 2. The summed E-state index contributed by atoms with van der Waals surface area (Å²) in [6, 6.07) is 22.3. The molecule has 1 unspecified atom stereocenters. The van der Waals surface area contributed by atoms with E-state index >= 15 is 0 Å². The predicted molar refractivity (Wildman–Crippen MR) is 110 cm³/mol. The van der Waals surface area contributed by atoms with Crippen molar-refractivity contribution in [2.24, 2.45) is 0 Å². The molecule has 0 aliphatic carbocycles. The highest BCUT2D eigenvalue weighted by Crippen LogP contribution is 2.21. The van der Waals surface area contributed by atoms with Gasteiger partial charge in [0.15, 0.2) is 0 Å². The maximum atomic E-state index is 12.8. The summed E-state index contributed by atoms with van der Waals surface area (Å²) in [5.41, 5.74) is 3.40. The molecule has 28 heavy (non-hydrogen) atoms. The Kier molecular flexibility index (Phi) is 5.66. The van der Waals surface area contributed by atoms with E-state index < -0.39 is 0 Å². The number of carbonyl (C=O) groups excluding carboxylic acids is 1. The minimum absolute atomic E-state index is 0.0422. The molecule has 3 aromatic rings. The quantitative estimate of drug-likeness (QED) is 0.668. The second-order valence-corrected chi connectivity index (χ2v) is 7.14. The molecule has 1 atom stereocenters. The number of amides is 1. The molecule has 2 heterocycles. The summed E-state index contributed by atoms with van der Waals surface area (Å²) < 4.78 is 6.02. The van der Waals surface area contributed by atoms with Crippen molar-refractivity contribution < 1.29 is 9.53 Å². The molecule has 1 saturated heterocycles. The van der Waals surface area contributed by atoms with Gasteiger partial charge >= 0.3 is 0 Å². The van der Waals surface area contributed by atoms with Crippen molar-refractivity contribution in [3.63, 3.8) is 0 Å². The highest BCUT2D eigenvalue weighted by atomic mass is 16.5. The van der Waals surface area contributed by atoms with Gasteiger partial charge in [0.1, 0.15) is 11.9 Å². The third-order valence-corrected chi connectivity index (χ3v) is 5.10. The van der Waals surface area contributed by atoms with Crippen molar-refractivity contribution in [1.29, 1.82) is 0 Å². The van der Waals surface area contributed by atoms with Crippen LogP contribution < -0.4 is 4.74 Å². The Morgan fingerprint density at radius 3 is 2.43 bits per heavy atom. The second kappa shape index (κ2) is 8.70. The summed E-state index contributed by atoms with van der Waals surface area (Å²) in [4.78, 5) is 18.7. The lowest BCUT2D eigenvalue weighted by Gasteiger charge is -2.33. The number of aromatic nitrogens is 1. The van der Waals surface area contributed by atoms with Crippen LogP contribution in [0.15, 0.2) is 79.1 Å². The number of piperidine rings is 1. The number of hydrogen-bond acceptors (Lipinski definition) is 3. The Morgan fingerprint density at radius 2 is 1.68 bits per heavy atom. The molecular formula is C24H24N2O2. The molecule has 4 nitrogen and oxygen atoms in total. The molecule has 1 aliphatic heterocycles. The first-order valence-electron chi connectivity index (χ1n) is 9.77. The van der Waals surface area contributed by atoms with Crippen molar-refractivity contribution in [2.45, 2.75) is 25.4 Å². The van der Waals surface area contributed by atoms with Crippen LogP contribution in [-0.2, 0) is 11.2 Å². The van der Waals surface area contributed by atoms with Gasteiger partial charge in [-0.3, -0.25) is 9.78 Å². The van der Waals surface area contributed by atoms with Gasteiger partial charge in [0.05, 0.1) is 13.0 Å². The fourth-order valence-corrected chi connectivity index (χ4v) is 3.60. The second-order valence-electron chi connectivity index (χ2n) is 7.14. The van der Waals surface area contributed by atoms with Crippen LogP contribution in [0.3, 0.4) is 0 Å². The van der Waals surface area contributed by atoms with Crippen LogP contribution in [0.2, 0.25) is 0 Å². The zero-order valence-electron chi connectivity index (χ0n) is 15.8. The normalized spacial score (nSPS) is 16.6. The average molecular weight is 372 g/mol. The number of ether oxygens (including phenoxy) is 1. The van der Waals surface area contributed by atoms with Gasteiger partial charge in [-0.15, -0.1) is 0 Å². The smallest absolute Gasteiger partial charge is 0.227 e. The Morgan fingerprint density at radius 1 is 0.964 bits per heavy atom. The van der Waals surface area contributed by atoms with Crippen LogP contribution in [0.4, 0.5) is 0 Å². The summed E-state index contributed by atoms with van der Waals surface area (Å²) in [6.45, 7) is 1.44. The number of pyridine rings is 1. The van der Waals surface area contributed by atoms with E-state index in [4.69, 9.17) is 4.74 Å². The maximum absolute atomic E-state index is 12.8. The van der Waals surface area contributed by atoms with E-state index in [-0.39, 0.29) is 12.0 Å². The van der Waals surface area contributed by atoms with Crippen LogP contribution in [0, 0.1) is 0 Å². The van der Waals surface area contributed by atoms with Crippen molar-refractivity contribution >= 4 is 5.91 Å². The molecule has 1 amide bonds. The molecule has 142 valence electrons. The molecule has 0 radical (unpaired) electrons. The van der Waals surface area contributed by atoms with Gasteiger partial charge in [0, 0.05) is 18.9 Å². The maximum Gasteiger partial charge on any atom is 0.227 e. The van der Waals surface area contributed by atoms with Gasteiger partial charge in [-0.05, 0) is 41.7 Å². The minimum Gasteiger partial charge on any atom is -0.488 e. The largest absolute Gasteiger partial charge is 0.488 e. The third-order valence-electron chi connectivity index (χ3n) is 5.10. The SMILES string of the molecule is O=C(Cc1ccc(-c2ccccc2)cc1)N1CCCC(Oc2ccncc2)C1. The Hall–Kier alpha value is -3.14. The molecule has 0 bridgehead atoms. The number of hydrogen-bond donors (Lipinski definition) is 0. The van der Waals surface area contributed by atoms with Gasteiger partial charge in [-0.25, -0.2) is 0 Å². The first-order chi connectivity index (χ1) is 13.8. The lowest BCUT2D eigenvalue weighted by atomic mass is 10.0. The van der Waals surface area contributed by atoms with Gasteiger partial charge in [0.2, 0.25) is 5.91 Å². The van der Waals surface area contributed by atoms with Crippen LogP contribution >= 0.6 is 0 Å². The van der Waals surface area contributed by atoms with E-state index in [9.17, 15) is 4.79 Å². The minimum atomic E-state index is 0.0422. The molecule has 2 aromatic carbocycles. The highest BCUT2D eigenvalue weighted by Gasteiger charge is 2.24. The lowest BCUT2D eigenvalue weighted by Crippen LogP contribution is -2.45. The monoisotopic (exact) mass is 372 g/mol. The zero-order chi connectivity index (χ0) is 19.2. The van der Waals surface area contributed by atoms with Gasteiger partial charge in [-0.1, -0.05) is 54.6 Å². The predicted octanol–water partition coefficient (Wildman–Crippen LogP) is 4.36. The Bertz CT molecular complexity index is 895. The van der Waals surface area contributed by atoms with Gasteiger partial charge in [-0.2, -0.15) is 0 Å². The molecule has 0 spiro atoms. The summed E-state index contributed by atoms with van der Waals surface area (Å²) in [5, 5.41) is 0. The van der Waals surface area contributed by atoms with Gasteiger partial charge < -0.3 is 9.64 Å². The number of benzene rings is 2. The number of carbonyl (C=O) groups is 1. The summed E-state index contributed by atoms with van der Waals surface area (Å²) in [5.74, 6) is 0.973. The summed E-state index contributed by atoms with van der Waals surface area (Å²) in [7, 11) is 0. The van der Waals surface area contributed by atoms with E-state index in [1.807, 2.05) is 35.2 Å². The van der Waals surface area contributed by atoms with Gasteiger partial charge in [0.25, 0.3) is 0 Å². The summed E-state index contributed by atoms with van der Waals surface area (Å²) >= 11 is 0.